The lowest BCUT2D eigenvalue weighted by Crippen LogP contribution is -2.43. The zero-order chi connectivity index (χ0) is 12.3. The molecular weight excluding hydrogens is 216 g/mol. The Kier molecular flexibility index (Phi) is 4.28. The van der Waals surface area contributed by atoms with Crippen molar-refractivity contribution in [1.29, 1.82) is 5.26 Å². The van der Waals surface area contributed by atoms with Crippen LogP contribution in [0.15, 0.2) is 0 Å². The molecule has 0 heterocycles. The molecule has 15 heavy (non-hydrogen) atoms. The Morgan fingerprint density at radius 1 is 1.53 bits per heavy atom. The van der Waals surface area contributed by atoms with Crippen LogP contribution in [0, 0.1) is 16.7 Å². The third kappa shape index (κ3) is 5.37. The zero-order valence-corrected chi connectivity index (χ0v) is 10.2. The van der Waals surface area contributed by atoms with E-state index in [4.69, 9.17) is 5.26 Å². The molecule has 0 aliphatic carbocycles. The molecule has 0 aliphatic heterocycles. The summed E-state index contributed by atoms with van der Waals surface area (Å²) in [6, 6.07) is 1.36. The van der Waals surface area contributed by atoms with Crippen molar-refractivity contribution < 1.29 is 13.2 Å². The Bertz CT molecular complexity index is 379. The standard InChI is InChI=1S/C9H16N2O3S/c1-7(5-15(4,13)14)11-8(12)9(2,3)6-10/h7H,5H2,1-4H3,(H,11,12). The molecule has 0 aromatic rings. The fourth-order valence-electron chi connectivity index (χ4n) is 0.951. The predicted octanol–water partition coefficient (Wildman–Crippen LogP) is 0.0855. The average Bonchev–Trinajstić information content (AvgIpc) is 2.00. The fourth-order valence-corrected chi connectivity index (χ4v) is 1.94. The van der Waals surface area contributed by atoms with E-state index in [2.05, 4.69) is 5.32 Å². The van der Waals surface area contributed by atoms with Gasteiger partial charge in [0.05, 0.1) is 11.8 Å². The smallest absolute Gasteiger partial charge is 0.240 e. The number of nitrogens with zero attached hydrogens (tertiary/aromatic N) is 1. The molecule has 1 N–H and O–H groups in total. The maximum absolute atomic E-state index is 11.5. The summed E-state index contributed by atoms with van der Waals surface area (Å²) in [6.07, 6.45) is 1.10. The number of sulfone groups is 1. The second-order valence-corrected chi connectivity index (χ2v) is 6.39. The predicted molar refractivity (Wildman–Crippen MR) is 56.7 cm³/mol. The molecule has 0 aliphatic rings. The fraction of sp³-hybridized carbons (Fsp3) is 0.778. The van der Waals surface area contributed by atoms with Crippen LogP contribution in [-0.2, 0) is 14.6 Å². The summed E-state index contributed by atoms with van der Waals surface area (Å²) in [5.74, 6) is -0.582. The van der Waals surface area contributed by atoms with E-state index >= 15 is 0 Å². The first-order valence-electron chi connectivity index (χ1n) is 4.48. The van der Waals surface area contributed by atoms with Gasteiger partial charge in [-0.15, -0.1) is 0 Å². The summed E-state index contributed by atoms with van der Waals surface area (Å²) in [6.45, 7) is 4.55. The third-order valence-electron chi connectivity index (χ3n) is 1.78. The lowest BCUT2D eigenvalue weighted by molar-refractivity contribution is -0.127. The van der Waals surface area contributed by atoms with Crippen LogP contribution in [-0.4, -0.2) is 32.4 Å². The molecule has 0 saturated heterocycles. The van der Waals surface area contributed by atoms with Gasteiger partial charge in [0.1, 0.15) is 15.3 Å². The van der Waals surface area contributed by atoms with E-state index < -0.39 is 27.2 Å². The Morgan fingerprint density at radius 2 is 2.00 bits per heavy atom. The Labute approximate surface area is 90.4 Å². The highest BCUT2D eigenvalue weighted by Gasteiger charge is 2.28. The molecule has 1 unspecified atom stereocenters. The van der Waals surface area contributed by atoms with Gasteiger partial charge in [0.15, 0.2) is 0 Å². The molecule has 0 saturated carbocycles. The SMILES string of the molecule is CC(CS(C)(=O)=O)NC(=O)C(C)(C)C#N. The van der Waals surface area contributed by atoms with Crippen LogP contribution in [0.4, 0.5) is 0 Å². The van der Waals surface area contributed by atoms with Gasteiger partial charge < -0.3 is 5.32 Å². The van der Waals surface area contributed by atoms with E-state index in [1.807, 2.05) is 6.07 Å². The van der Waals surface area contributed by atoms with Gasteiger partial charge in [-0.1, -0.05) is 0 Å². The van der Waals surface area contributed by atoms with Crippen LogP contribution in [0.2, 0.25) is 0 Å². The number of hydrogen-bond acceptors (Lipinski definition) is 4. The lowest BCUT2D eigenvalue weighted by Gasteiger charge is -2.19. The van der Waals surface area contributed by atoms with E-state index in [9.17, 15) is 13.2 Å². The molecule has 1 amide bonds. The second kappa shape index (κ2) is 4.62. The van der Waals surface area contributed by atoms with Crippen LogP contribution in [0.3, 0.4) is 0 Å². The molecule has 0 aromatic carbocycles. The molecule has 6 heteroatoms. The van der Waals surface area contributed by atoms with Crippen LogP contribution in [0.25, 0.3) is 0 Å². The van der Waals surface area contributed by atoms with E-state index in [1.54, 1.807) is 6.92 Å². The Hall–Kier alpha value is -1.09. The van der Waals surface area contributed by atoms with E-state index in [0.29, 0.717) is 0 Å². The van der Waals surface area contributed by atoms with Gasteiger partial charge in [0.25, 0.3) is 0 Å². The minimum atomic E-state index is -3.12. The van der Waals surface area contributed by atoms with Crippen LogP contribution in [0.1, 0.15) is 20.8 Å². The summed E-state index contributed by atoms with van der Waals surface area (Å²) in [4.78, 5) is 11.5. The Balaban J connectivity index is 4.40. The lowest BCUT2D eigenvalue weighted by atomic mass is 9.94. The highest BCUT2D eigenvalue weighted by molar-refractivity contribution is 7.90. The first-order chi connectivity index (χ1) is 6.58. The number of carbonyl (C=O) groups is 1. The van der Waals surface area contributed by atoms with Crippen molar-refractivity contribution in [2.45, 2.75) is 26.8 Å². The largest absolute Gasteiger partial charge is 0.351 e. The van der Waals surface area contributed by atoms with Gasteiger partial charge in [-0.2, -0.15) is 5.26 Å². The molecule has 0 radical (unpaired) electrons. The molecule has 0 aromatic heterocycles. The van der Waals surface area contributed by atoms with Crippen LogP contribution in [0.5, 0.6) is 0 Å². The summed E-state index contributed by atoms with van der Waals surface area (Å²) in [5.41, 5.74) is -1.13. The molecule has 0 bridgehead atoms. The summed E-state index contributed by atoms with van der Waals surface area (Å²) in [7, 11) is -3.12. The average molecular weight is 232 g/mol. The minimum absolute atomic E-state index is 0.125. The third-order valence-corrected chi connectivity index (χ3v) is 2.88. The van der Waals surface area contributed by atoms with Gasteiger partial charge in [0.2, 0.25) is 5.91 Å². The van der Waals surface area contributed by atoms with Crippen molar-refractivity contribution in [2.75, 3.05) is 12.0 Å². The zero-order valence-electron chi connectivity index (χ0n) is 9.36. The van der Waals surface area contributed by atoms with Crippen molar-refractivity contribution in [3.63, 3.8) is 0 Å². The van der Waals surface area contributed by atoms with Crippen LogP contribution >= 0.6 is 0 Å². The summed E-state index contributed by atoms with van der Waals surface area (Å²) >= 11 is 0. The molecular formula is C9H16N2O3S. The maximum atomic E-state index is 11.5. The number of hydrogen-bond donors (Lipinski definition) is 1. The number of nitriles is 1. The van der Waals surface area contributed by atoms with Crippen LogP contribution < -0.4 is 5.32 Å². The van der Waals surface area contributed by atoms with Crippen molar-refractivity contribution in [3.05, 3.63) is 0 Å². The highest BCUT2D eigenvalue weighted by atomic mass is 32.2. The van der Waals surface area contributed by atoms with Gasteiger partial charge >= 0.3 is 0 Å². The van der Waals surface area contributed by atoms with Gasteiger partial charge in [0, 0.05) is 12.3 Å². The van der Waals surface area contributed by atoms with E-state index in [-0.39, 0.29) is 5.75 Å². The summed E-state index contributed by atoms with van der Waals surface area (Å²) in [5, 5.41) is 11.2. The van der Waals surface area contributed by atoms with Crippen molar-refractivity contribution in [3.8, 4) is 6.07 Å². The minimum Gasteiger partial charge on any atom is -0.351 e. The number of carbonyl (C=O) groups excluding carboxylic acids is 1. The topological polar surface area (TPSA) is 87.0 Å². The maximum Gasteiger partial charge on any atom is 0.240 e. The molecule has 1 atom stereocenters. The van der Waals surface area contributed by atoms with Crippen molar-refractivity contribution in [2.24, 2.45) is 5.41 Å². The van der Waals surface area contributed by atoms with Gasteiger partial charge in [-0.3, -0.25) is 4.79 Å². The molecule has 0 rings (SSSR count). The highest BCUT2D eigenvalue weighted by Crippen LogP contribution is 2.13. The van der Waals surface area contributed by atoms with Gasteiger partial charge in [-0.25, -0.2) is 8.42 Å². The second-order valence-electron chi connectivity index (χ2n) is 4.20. The monoisotopic (exact) mass is 232 g/mol. The van der Waals surface area contributed by atoms with Crippen molar-refractivity contribution >= 4 is 15.7 Å². The summed E-state index contributed by atoms with van der Waals surface area (Å²) < 4.78 is 21.9. The van der Waals surface area contributed by atoms with Gasteiger partial charge in [-0.05, 0) is 20.8 Å². The van der Waals surface area contributed by atoms with E-state index in [0.717, 1.165) is 6.26 Å². The van der Waals surface area contributed by atoms with Crippen molar-refractivity contribution in [1.82, 2.24) is 5.32 Å². The number of rotatable bonds is 4. The first kappa shape index (κ1) is 13.9. The quantitative estimate of drug-likeness (QED) is 0.744. The number of nitrogens with one attached hydrogen (secondary N) is 1. The Morgan fingerprint density at radius 3 is 2.33 bits per heavy atom. The number of amides is 1. The normalized spacial score (nSPS) is 14.1. The molecule has 86 valence electrons. The molecule has 0 fully saturated rings. The molecule has 5 nitrogen and oxygen atoms in total. The van der Waals surface area contributed by atoms with E-state index in [1.165, 1.54) is 13.8 Å². The molecule has 0 spiro atoms. The first-order valence-corrected chi connectivity index (χ1v) is 6.54.